The van der Waals surface area contributed by atoms with Crippen LogP contribution >= 0.6 is 0 Å². The first kappa shape index (κ1) is 19.1. The Labute approximate surface area is 145 Å². The number of ether oxygens (including phenoxy) is 1. The second-order valence-corrected chi connectivity index (χ2v) is 6.30. The summed E-state index contributed by atoms with van der Waals surface area (Å²) in [6.07, 6.45) is 0.113. The van der Waals surface area contributed by atoms with Crippen LogP contribution in [0.5, 0.6) is 5.75 Å². The summed E-state index contributed by atoms with van der Waals surface area (Å²) < 4.78 is 32.7. The maximum absolute atomic E-state index is 14.1. The number of carbonyl (C=O) groups excluding carboxylic acids is 2. The molecule has 1 atom stereocenters. The van der Waals surface area contributed by atoms with Crippen molar-refractivity contribution in [3.8, 4) is 5.75 Å². The first-order chi connectivity index (χ1) is 11.8. The number of carbonyl (C=O) groups is 2. The average molecular weight is 355 g/mol. The van der Waals surface area contributed by atoms with Gasteiger partial charge in [0, 0.05) is 38.2 Å². The number of benzene rings is 1. The largest absolute Gasteiger partial charge is 0.494 e. The van der Waals surface area contributed by atoms with Crippen molar-refractivity contribution >= 4 is 11.8 Å². The molecule has 1 aliphatic heterocycles. The number of halogens is 2. The molecule has 1 N–H and O–H groups in total. The first-order valence-corrected chi connectivity index (χ1v) is 8.04. The third kappa shape index (κ3) is 4.66. The molecule has 1 heterocycles. The number of rotatable bonds is 7. The van der Waals surface area contributed by atoms with Crippen LogP contribution in [0.2, 0.25) is 0 Å². The van der Waals surface area contributed by atoms with Crippen LogP contribution < -0.4 is 10.1 Å². The zero-order chi connectivity index (χ0) is 18.6. The molecule has 2 rings (SSSR count). The molecule has 1 aromatic carbocycles. The summed E-state index contributed by atoms with van der Waals surface area (Å²) in [6, 6.07) is 2.28. The van der Waals surface area contributed by atoms with Crippen molar-refractivity contribution in [3.05, 3.63) is 29.3 Å². The van der Waals surface area contributed by atoms with Crippen LogP contribution in [0.25, 0.3) is 0 Å². The van der Waals surface area contributed by atoms with Gasteiger partial charge in [0.1, 0.15) is 5.82 Å². The number of hydrogen-bond acceptors (Lipinski definition) is 4. The van der Waals surface area contributed by atoms with Crippen molar-refractivity contribution in [1.82, 2.24) is 15.1 Å². The molecule has 1 aliphatic rings. The normalized spacial score (nSPS) is 17.3. The van der Waals surface area contributed by atoms with Crippen molar-refractivity contribution in [2.45, 2.75) is 13.0 Å². The fraction of sp³-hybridized carbons (Fsp3) is 0.529. The lowest BCUT2D eigenvalue weighted by Gasteiger charge is -2.19. The molecule has 2 amide bonds. The van der Waals surface area contributed by atoms with E-state index in [9.17, 15) is 18.4 Å². The SMILES string of the molecule is COc1ccc(F)c(CNC(=O)[C@H]2CC(=O)N(CCN(C)C)C2)c1F. The molecule has 8 heteroatoms. The molecule has 6 nitrogen and oxygen atoms in total. The van der Waals surface area contributed by atoms with Gasteiger partial charge >= 0.3 is 0 Å². The van der Waals surface area contributed by atoms with Gasteiger partial charge in [0.25, 0.3) is 0 Å². The Bertz CT molecular complexity index is 652. The van der Waals surface area contributed by atoms with Crippen LogP contribution in [0.4, 0.5) is 8.78 Å². The first-order valence-electron chi connectivity index (χ1n) is 8.04. The lowest BCUT2D eigenvalue weighted by atomic mass is 10.1. The van der Waals surface area contributed by atoms with Gasteiger partial charge in [-0.25, -0.2) is 8.78 Å². The highest BCUT2D eigenvalue weighted by Crippen LogP contribution is 2.23. The van der Waals surface area contributed by atoms with Crippen molar-refractivity contribution in [1.29, 1.82) is 0 Å². The minimum atomic E-state index is -0.835. The van der Waals surface area contributed by atoms with Crippen molar-refractivity contribution in [3.63, 3.8) is 0 Å². The molecule has 138 valence electrons. The standard InChI is InChI=1S/C17H23F2N3O3/c1-21(2)6-7-22-10-11(8-15(22)23)17(24)20-9-12-13(18)4-5-14(25-3)16(12)19/h4-5,11H,6-10H2,1-3H3,(H,20,24)/t11-/m0/s1. The molecule has 1 aromatic rings. The number of likely N-dealkylation sites (N-methyl/N-ethyl adjacent to an activating group) is 1. The number of likely N-dealkylation sites (tertiary alicyclic amines) is 1. The highest BCUT2D eigenvalue weighted by atomic mass is 19.1. The summed E-state index contributed by atoms with van der Waals surface area (Å²) in [7, 11) is 5.09. The van der Waals surface area contributed by atoms with Crippen molar-refractivity contribution in [2.24, 2.45) is 5.92 Å². The summed E-state index contributed by atoms with van der Waals surface area (Å²) >= 11 is 0. The fourth-order valence-corrected chi connectivity index (χ4v) is 2.70. The lowest BCUT2D eigenvalue weighted by Crippen LogP contribution is -2.35. The number of nitrogens with one attached hydrogen (secondary N) is 1. The average Bonchev–Trinajstić information content (AvgIpc) is 2.93. The van der Waals surface area contributed by atoms with Gasteiger partial charge in [-0.3, -0.25) is 9.59 Å². The predicted molar refractivity (Wildman–Crippen MR) is 88.0 cm³/mol. The van der Waals surface area contributed by atoms with Crippen LogP contribution in [0.15, 0.2) is 12.1 Å². The van der Waals surface area contributed by atoms with E-state index in [0.717, 1.165) is 6.07 Å². The highest BCUT2D eigenvalue weighted by molar-refractivity contribution is 5.89. The van der Waals surface area contributed by atoms with E-state index < -0.39 is 17.6 Å². The number of hydrogen-bond donors (Lipinski definition) is 1. The Morgan fingerprint density at radius 1 is 1.40 bits per heavy atom. The summed E-state index contributed by atoms with van der Waals surface area (Å²) in [5.74, 6) is -2.65. The van der Waals surface area contributed by atoms with E-state index >= 15 is 0 Å². The van der Waals surface area contributed by atoms with Crippen LogP contribution in [0.3, 0.4) is 0 Å². The van der Waals surface area contributed by atoms with Crippen LogP contribution in [0, 0.1) is 17.6 Å². The minimum absolute atomic E-state index is 0.0826. The van der Waals surface area contributed by atoms with E-state index in [1.54, 1.807) is 4.90 Å². The molecular weight excluding hydrogens is 332 g/mol. The maximum Gasteiger partial charge on any atom is 0.225 e. The Hall–Kier alpha value is -2.22. The molecule has 0 aliphatic carbocycles. The molecule has 1 fully saturated rings. The van der Waals surface area contributed by atoms with Crippen molar-refractivity contribution in [2.75, 3.05) is 40.8 Å². The Morgan fingerprint density at radius 2 is 2.12 bits per heavy atom. The predicted octanol–water partition coefficient (Wildman–Crippen LogP) is 1.000. The van der Waals surface area contributed by atoms with Gasteiger partial charge in [-0.2, -0.15) is 0 Å². The third-order valence-electron chi connectivity index (χ3n) is 4.21. The van der Waals surface area contributed by atoms with Crippen LogP contribution in [-0.4, -0.2) is 62.5 Å². The number of amides is 2. The summed E-state index contributed by atoms with van der Waals surface area (Å²) in [5, 5.41) is 2.52. The third-order valence-corrected chi connectivity index (χ3v) is 4.21. The van der Waals surface area contributed by atoms with E-state index in [2.05, 4.69) is 5.32 Å². The van der Waals surface area contributed by atoms with E-state index in [0.29, 0.717) is 19.6 Å². The van der Waals surface area contributed by atoms with Crippen LogP contribution in [-0.2, 0) is 16.1 Å². The maximum atomic E-state index is 14.1. The molecule has 0 saturated carbocycles. The van der Waals surface area contributed by atoms with Gasteiger partial charge in [-0.1, -0.05) is 0 Å². The topological polar surface area (TPSA) is 61.9 Å². The van der Waals surface area contributed by atoms with Gasteiger partial charge in [-0.15, -0.1) is 0 Å². The molecule has 1 saturated heterocycles. The van der Waals surface area contributed by atoms with Crippen LogP contribution in [0.1, 0.15) is 12.0 Å². The van der Waals surface area contributed by atoms with E-state index in [4.69, 9.17) is 4.74 Å². The monoisotopic (exact) mass is 355 g/mol. The van der Waals surface area contributed by atoms with Gasteiger partial charge in [0.15, 0.2) is 11.6 Å². The zero-order valence-corrected chi connectivity index (χ0v) is 14.6. The van der Waals surface area contributed by atoms with E-state index in [1.165, 1.54) is 13.2 Å². The Morgan fingerprint density at radius 3 is 2.76 bits per heavy atom. The fourth-order valence-electron chi connectivity index (χ4n) is 2.70. The summed E-state index contributed by atoms with van der Waals surface area (Å²) in [6.45, 7) is 1.28. The van der Waals surface area contributed by atoms with Gasteiger partial charge < -0.3 is 19.9 Å². The van der Waals surface area contributed by atoms with Gasteiger partial charge in [-0.05, 0) is 26.2 Å². The molecule has 25 heavy (non-hydrogen) atoms. The molecule has 0 unspecified atom stereocenters. The number of nitrogens with zero attached hydrogens (tertiary/aromatic N) is 2. The highest BCUT2D eigenvalue weighted by Gasteiger charge is 2.34. The Balaban J connectivity index is 1.94. The molecular formula is C17H23F2N3O3. The minimum Gasteiger partial charge on any atom is -0.494 e. The second kappa shape index (κ2) is 8.24. The van der Waals surface area contributed by atoms with Gasteiger partial charge in [0.2, 0.25) is 11.8 Å². The van der Waals surface area contributed by atoms with Crippen molar-refractivity contribution < 1.29 is 23.1 Å². The molecule has 0 radical (unpaired) electrons. The summed E-state index contributed by atoms with van der Waals surface area (Å²) in [5.41, 5.74) is -0.263. The van der Waals surface area contributed by atoms with Gasteiger partial charge in [0.05, 0.1) is 13.0 Å². The zero-order valence-electron chi connectivity index (χ0n) is 14.6. The molecule has 0 bridgehead atoms. The molecule has 0 aromatic heterocycles. The quantitative estimate of drug-likeness (QED) is 0.793. The van der Waals surface area contributed by atoms with E-state index in [-0.39, 0.29) is 36.1 Å². The number of methoxy groups -OCH3 is 1. The lowest BCUT2D eigenvalue weighted by molar-refractivity contribution is -0.129. The van der Waals surface area contributed by atoms with E-state index in [1.807, 2.05) is 19.0 Å². The second-order valence-electron chi connectivity index (χ2n) is 6.30. The Kier molecular flexibility index (Phi) is 6.30. The molecule has 0 spiro atoms. The summed E-state index contributed by atoms with van der Waals surface area (Å²) in [4.78, 5) is 27.8. The smallest absolute Gasteiger partial charge is 0.225 e.